The van der Waals surface area contributed by atoms with Gasteiger partial charge in [-0.1, -0.05) is 60.1 Å². The minimum absolute atomic E-state index is 0.00712. The number of benzene rings is 1. The standard InChI is InChI=1S/C48H77N13O14/c1-7-25(6)39(47(74)59-38(24(4)5)46(73)54-28(40(53)67)15-17-34(49)64)60-44(71)33-10-8-9-19-61(33)48(75)31(20-26-11-13-27(63)14-12-26)57-42(69)30(21-36(51)66)56-41(68)29(16-18-35(50)65)55-43(70)32(22-62)58-45(72)37(52)23(2)3/h11-14,23-25,28-33,37-39,62-63H,7-10,15-22,52H2,1-6H3,(H2,49,64)(H2,50,65)(H2,51,66)(H2,53,67)(H,54,73)(H,55,70)(H,56,68)(H,57,69)(H,58,72)(H,59,74)(H,60,71)/t25-,28-,29-,30-,31-,32-,33-,37-,38-,39-/m0/s1. The Kier molecular flexibility index (Phi) is 26.1. The van der Waals surface area contributed by atoms with Crippen molar-refractivity contribution in [2.45, 2.75) is 160 Å². The van der Waals surface area contributed by atoms with Crippen molar-refractivity contribution in [3.05, 3.63) is 29.8 Å². The molecule has 1 heterocycles. The lowest BCUT2D eigenvalue weighted by Crippen LogP contribution is -2.63. The minimum atomic E-state index is -1.83. The summed E-state index contributed by atoms with van der Waals surface area (Å²) in [6, 6.07) is -7.17. The maximum Gasteiger partial charge on any atom is 0.246 e. The van der Waals surface area contributed by atoms with Gasteiger partial charge < -0.3 is 81.0 Å². The molecule has 27 heteroatoms. The van der Waals surface area contributed by atoms with Gasteiger partial charge in [0.25, 0.3) is 0 Å². The SMILES string of the molecule is CC[C@H](C)[C@H](NC(=O)[C@@H]1CCCCN1C(=O)[C@H](Cc1ccc(O)cc1)NC(=O)[C@H](CC(N)=O)NC(=O)[C@H](CCC(N)=O)NC(=O)[C@H](CO)NC(=O)[C@@H](N)C(C)C)C(=O)N[C@H](C(=O)N[C@@H](CCC(N)=O)C(N)=O)C(C)C. The largest absolute Gasteiger partial charge is 0.508 e. The van der Waals surface area contributed by atoms with Crippen molar-refractivity contribution in [3.63, 3.8) is 0 Å². The van der Waals surface area contributed by atoms with E-state index >= 15 is 0 Å². The number of nitrogens with one attached hydrogen (secondary N) is 7. The van der Waals surface area contributed by atoms with Crippen LogP contribution in [0.25, 0.3) is 0 Å². The zero-order valence-electron chi connectivity index (χ0n) is 43.4. The van der Waals surface area contributed by atoms with E-state index in [1.807, 2.05) is 0 Å². The number of amides is 12. The molecule has 0 radical (unpaired) electrons. The van der Waals surface area contributed by atoms with Crippen molar-refractivity contribution in [2.24, 2.45) is 46.4 Å². The smallest absolute Gasteiger partial charge is 0.246 e. The predicted octanol–water partition coefficient (Wildman–Crippen LogP) is -4.72. The highest BCUT2D eigenvalue weighted by Gasteiger charge is 2.41. The molecule has 1 aliphatic rings. The Labute approximate surface area is 435 Å². The second-order valence-corrected chi connectivity index (χ2v) is 19.4. The normalized spacial score (nSPS) is 17.0. The molecule has 1 saturated heterocycles. The molecule has 0 unspecified atom stereocenters. The second-order valence-electron chi connectivity index (χ2n) is 19.4. The zero-order chi connectivity index (χ0) is 56.9. The Morgan fingerprint density at radius 3 is 1.63 bits per heavy atom. The van der Waals surface area contributed by atoms with Gasteiger partial charge in [0, 0.05) is 25.8 Å². The Morgan fingerprint density at radius 2 is 1.11 bits per heavy atom. The van der Waals surface area contributed by atoms with Crippen molar-refractivity contribution >= 4 is 70.9 Å². The molecular weight excluding hydrogens is 983 g/mol. The fourth-order valence-electron chi connectivity index (χ4n) is 7.85. The molecule has 1 aromatic rings. The van der Waals surface area contributed by atoms with Crippen molar-refractivity contribution in [1.29, 1.82) is 0 Å². The van der Waals surface area contributed by atoms with Crippen molar-refractivity contribution in [3.8, 4) is 5.75 Å². The fraction of sp³-hybridized carbons (Fsp3) is 0.625. The van der Waals surface area contributed by atoms with Crippen LogP contribution >= 0.6 is 0 Å². The van der Waals surface area contributed by atoms with Crippen molar-refractivity contribution in [1.82, 2.24) is 42.1 Å². The quantitative estimate of drug-likeness (QED) is 0.0332. The number of carbonyl (C=O) groups excluding carboxylic acids is 12. The third-order valence-corrected chi connectivity index (χ3v) is 12.6. The highest BCUT2D eigenvalue weighted by Crippen LogP contribution is 2.22. The summed E-state index contributed by atoms with van der Waals surface area (Å²) in [6.45, 7) is 9.04. The van der Waals surface area contributed by atoms with Gasteiger partial charge in [0.15, 0.2) is 0 Å². The summed E-state index contributed by atoms with van der Waals surface area (Å²) >= 11 is 0. The Morgan fingerprint density at radius 1 is 0.600 bits per heavy atom. The predicted molar refractivity (Wildman–Crippen MR) is 269 cm³/mol. The number of aliphatic hydroxyl groups is 1. The molecule has 0 saturated carbocycles. The fourth-order valence-corrected chi connectivity index (χ4v) is 7.85. The van der Waals surface area contributed by atoms with Crippen LogP contribution in [0.15, 0.2) is 24.3 Å². The lowest BCUT2D eigenvalue weighted by atomic mass is 9.94. The number of phenolic OH excluding ortho intramolecular Hbond substituents is 1. The van der Waals surface area contributed by atoms with E-state index in [4.69, 9.17) is 28.7 Å². The Balaban J connectivity index is 2.50. The Bertz CT molecular complexity index is 2210. The summed E-state index contributed by atoms with van der Waals surface area (Å²) < 4.78 is 0. The highest BCUT2D eigenvalue weighted by molar-refractivity contribution is 5.99. The van der Waals surface area contributed by atoms with Crippen molar-refractivity contribution in [2.75, 3.05) is 13.2 Å². The van der Waals surface area contributed by atoms with Crippen LogP contribution in [-0.4, -0.2) is 154 Å². The first-order valence-corrected chi connectivity index (χ1v) is 24.8. The average molecular weight is 1060 g/mol. The first-order chi connectivity index (χ1) is 35.1. The topological polar surface area (TPSA) is 463 Å². The van der Waals surface area contributed by atoms with E-state index in [0.29, 0.717) is 24.8 Å². The van der Waals surface area contributed by atoms with Crippen LogP contribution in [-0.2, 0) is 64.0 Å². The van der Waals surface area contributed by atoms with E-state index in [2.05, 4.69) is 37.2 Å². The number of aliphatic hydroxyl groups excluding tert-OH is 1. The van der Waals surface area contributed by atoms with Gasteiger partial charge in [0.05, 0.1) is 19.1 Å². The number of piperidine rings is 1. The van der Waals surface area contributed by atoms with E-state index in [1.54, 1.807) is 41.5 Å². The molecule has 1 fully saturated rings. The first-order valence-electron chi connectivity index (χ1n) is 24.8. The summed E-state index contributed by atoms with van der Waals surface area (Å²) in [5, 5.41) is 37.3. The summed E-state index contributed by atoms with van der Waals surface area (Å²) in [4.78, 5) is 160. The van der Waals surface area contributed by atoms with Crippen LogP contribution in [0.3, 0.4) is 0 Å². The van der Waals surface area contributed by atoms with Gasteiger partial charge in [-0.2, -0.15) is 0 Å². The minimum Gasteiger partial charge on any atom is -0.508 e. The molecule has 2 rings (SSSR count). The van der Waals surface area contributed by atoms with Gasteiger partial charge in [0.1, 0.15) is 54.1 Å². The second kappa shape index (κ2) is 30.7. The number of phenols is 1. The molecule has 27 nitrogen and oxygen atoms in total. The lowest BCUT2D eigenvalue weighted by molar-refractivity contribution is -0.146. The van der Waals surface area contributed by atoms with E-state index < -0.39 is 163 Å². The molecule has 1 aromatic carbocycles. The van der Waals surface area contributed by atoms with Crippen LogP contribution in [0, 0.1) is 17.8 Å². The number of carbonyl (C=O) groups is 12. The molecule has 0 aliphatic carbocycles. The van der Waals surface area contributed by atoms with E-state index in [1.165, 1.54) is 29.2 Å². The molecule has 0 spiro atoms. The van der Waals surface area contributed by atoms with Crippen LogP contribution in [0.2, 0.25) is 0 Å². The van der Waals surface area contributed by atoms with Gasteiger partial charge in [-0.05, 0) is 67.6 Å². The molecule has 12 amide bonds. The number of nitrogens with zero attached hydrogens (tertiary/aromatic N) is 1. The maximum atomic E-state index is 14.8. The first kappa shape index (κ1) is 63.7. The average Bonchev–Trinajstić information content (AvgIpc) is 3.34. The summed E-state index contributed by atoms with van der Waals surface area (Å²) in [7, 11) is 0. The van der Waals surface area contributed by atoms with Crippen LogP contribution in [0.5, 0.6) is 5.75 Å². The van der Waals surface area contributed by atoms with Gasteiger partial charge in [-0.3, -0.25) is 57.5 Å². The van der Waals surface area contributed by atoms with Crippen molar-refractivity contribution < 1.29 is 67.7 Å². The van der Waals surface area contributed by atoms with E-state index in [9.17, 15) is 67.7 Å². The molecular formula is C48H77N13O14. The molecule has 418 valence electrons. The molecule has 1 aliphatic heterocycles. The van der Waals surface area contributed by atoms with Crippen LogP contribution in [0.1, 0.15) is 105 Å². The number of nitrogens with two attached hydrogens (primary N) is 5. The van der Waals surface area contributed by atoms with Gasteiger partial charge in [-0.25, -0.2) is 0 Å². The van der Waals surface area contributed by atoms with Gasteiger partial charge in [-0.15, -0.1) is 0 Å². The zero-order valence-corrected chi connectivity index (χ0v) is 43.4. The van der Waals surface area contributed by atoms with Crippen LogP contribution < -0.4 is 65.9 Å². The number of likely N-dealkylation sites (tertiary alicyclic amines) is 1. The molecule has 19 N–H and O–H groups in total. The number of aromatic hydroxyl groups is 1. The maximum absolute atomic E-state index is 14.8. The number of hydrogen-bond acceptors (Lipinski definition) is 15. The third-order valence-electron chi connectivity index (χ3n) is 12.6. The number of rotatable bonds is 31. The molecule has 0 aromatic heterocycles. The lowest BCUT2D eigenvalue weighted by Gasteiger charge is -2.38. The van der Waals surface area contributed by atoms with E-state index in [0.717, 1.165) is 0 Å². The monoisotopic (exact) mass is 1060 g/mol. The van der Waals surface area contributed by atoms with Crippen LogP contribution in [0.4, 0.5) is 0 Å². The Hall–Kier alpha value is -7.42. The van der Waals surface area contributed by atoms with Gasteiger partial charge in [0.2, 0.25) is 70.9 Å². The number of hydrogen-bond donors (Lipinski definition) is 14. The molecule has 0 bridgehead atoms. The third kappa shape index (κ3) is 20.8. The molecule has 75 heavy (non-hydrogen) atoms. The summed E-state index contributed by atoms with van der Waals surface area (Å²) in [6.07, 6.45) is -1.18. The summed E-state index contributed by atoms with van der Waals surface area (Å²) in [5.74, 6) is -12.5. The number of primary amides is 4. The van der Waals surface area contributed by atoms with E-state index in [-0.39, 0.29) is 43.9 Å². The summed E-state index contributed by atoms with van der Waals surface area (Å²) in [5.41, 5.74) is 27.8. The highest BCUT2D eigenvalue weighted by atomic mass is 16.3. The van der Waals surface area contributed by atoms with Gasteiger partial charge >= 0.3 is 0 Å². The molecule has 10 atom stereocenters.